The Balaban J connectivity index is 1.97. The molecule has 2 aromatic rings. The van der Waals surface area contributed by atoms with Crippen molar-refractivity contribution in [1.82, 2.24) is 18.4 Å². The van der Waals surface area contributed by atoms with Crippen LogP contribution in [0.2, 0.25) is 0 Å². The Hall–Kier alpha value is -1.74. The minimum Gasteiger partial charge on any atom is -0.378 e. The van der Waals surface area contributed by atoms with Crippen molar-refractivity contribution in [3.63, 3.8) is 0 Å². The summed E-state index contributed by atoms with van der Waals surface area (Å²) in [7, 11) is -0.419. The molecule has 7 nitrogen and oxygen atoms in total. The van der Waals surface area contributed by atoms with Crippen LogP contribution in [-0.2, 0) is 21.5 Å². The van der Waals surface area contributed by atoms with Gasteiger partial charge in [0.05, 0.1) is 31.5 Å². The summed E-state index contributed by atoms with van der Waals surface area (Å²) in [4.78, 5) is 0. The van der Waals surface area contributed by atoms with E-state index in [1.807, 2.05) is 36.7 Å². The highest BCUT2D eigenvalue weighted by Gasteiger charge is 2.38. The maximum atomic E-state index is 12.8. The van der Waals surface area contributed by atoms with Crippen LogP contribution in [-0.4, -0.2) is 60.7 Å². The van der Waals surface area contributed by atoms with E-state index >= 15 is 0 Å². The van der Waals surface area contributed by atoms with E-state index in [-0.39, 0.29) is 6.04 Å². The van der Waals surface area contributed by atoms with E-state index in [4.69, 9.17) is 4.74 Å². The number of morpholine rings is 1. The molecule has 0 amide bonds. The quantitative estimate of drug-likeness (QED) is 0.795. The Labute approximate surface area is 155 Å². The molecule has 0 bridgehead atoms. The molecule has 8 heteroatoms. The van der Waals surface area contributed by atoms with Crippen LogP contribution in [0.25, 0.3) is 0 Å². The Morgan fingerprint density at radius 1 is 1.23 bits per heavy atom. The van der Waals surface area contributed by atoms with Gasteiger partial charge in [-0.05, 0) is 19.4 Å². The van der Waals surface area contributed by atoms with Crippen LogP contribution in [0.1, 0.15) is 28.6 Å². The van der Waals surface area contributed by atoms with Gasteiger partial charge < -0.3 is 4.74 Å². The van der Waals surface area contributed by atoms with E-state index in [0.29, 0.717) is 26.3 Å². The van der Waals surface area contributed by atoms with Crippen LogP contribution in [0.15, 0.2) is 30.3 Å². The molecule has 26 heavy (non-hydrogen) atoms. The normalized spacial score (nSPS) is 19.2. The molecule has 0 radical (unpaired) electrons. The standard InChI is InChI=1S/C18H26N4O3S/c1-14-18(15(2)21(19-14)12-16-8-6-5-7-9-16)17-13-25-11-10-22(17)26(23,24)20(3)4/h5-9,17H,10-13H2,1-4H3/t17-/m1/s1. The number of benzene rings is 1. The summed E-state index contributed by atoms with van der Waals surface area (Å²) in [6.07, 6.45) is 0. The van der Waals surface area contributed by atoms with Crippen LogP contribution in [0, 0.1) is 13.8 Å². The molecule has 3 rings (SSSR count). The molecule has 1 fully saturated rings. The average molecular weight is 378 g/mol. The third-order valence-electron chi connectivity index (χ3n) is 4.78. The summed E-state index contributed by atoms with van der Waals surface area (Å²) in [5, 5.41) is 4.67. The predicted octanol–water partition coefficient (Wildman–Crippen LogP) is 1.73. The van der Waals surface area contributed by atoms with Crippen molar-refractivity contribution in [3.8, 4) is 0 Å². The van der Waals surface area contributed by atoms with E-state index < -0.39 is 10.2 Å². The molecule has 0 spiro atoms. The third kappa shape index (κ3) is 3.55. The molecule has 1 atom stereocenters. The Morgan fingerprint density at radius 2 is 1.92 bits per heavy atom. The second kappa shape index (κ2) is 7.48. The van der Waals surface area contributed by atoms with Gasteiger partial charge in [-0.15, -0.1) is 0 Å². The predicted molar refractivity (Wildman–Crippen MR) is 100 cm³/mol. The lowest BCUT2D eigenvalue weighted by molar-refractivity contribution is 0.0294. The van der Waals surface area contributed by atoms with Crippen molar-refractivity contribution in [2.75, 3.05) is 33.9 Å². The first-order chi connectivity index (χ1) is 12.3. The zero-order chi connectivity index (χ0) is 18.9. The van der Waals surface area contributed by atoms with Gasteiger partial charge in [0.2, 0.25) is 0 Å². The number of hydrogen-bond acceptors (Lipinski definition) is 4. The average Bonchev–Trinajstić information content (AvgIpc) is 2.89. The molecular weight excluding hydrogens is 352 g/mol. The third-order valence-corrected chi connectivity index (χ3v) is 6.74. The van der Waals surface area contributed by atoms with Gasteiger partial charge in [-0.3, -0.25) is 4.68 Å². The minimum absolute atomic E-state index is 0.339. The number of aryl methyl sites for hydroxylation is 1. The fraction of sp³-hybridized carbons (Fsp3) is 0.500. The minimum atomic E-state index is -3.53. The van der Waals surface area contributed by atoms with Gasteiger partial charge in [-0.25, -0.2) is 0 Å². The lowest BCUT2D eigenvalue weighted by Crippen LogP contribution is -2.48. The smallest absolute Gasteiger partial charge is 0.282 e. The summed E-state index contributed by atoms with van der Waals surface area (Å²) in [6, 6.07) is 9.75. The fourth-order valence-electron chi connectivity index (χ4n) is 3.41. The molecule has 0 aliphatic carbocycles. The summed E-state index contributed by atoms with van der Waals surface area (Å²) < 4.78 is 35.9. The van der Waals surface area contributed by atoms with Gasteiger partial charge in [0, 0.05) is 31.9 Å². The Kier molecular flexibility index (Phi) is 5.47. The monoisotopic (exact) mass is 378 g/mol. The topological polar surface area (TPSA) is 67.7 Å². The number of nitrogens with zero attached hydrogens (tertiary/aromatic N) is 4. The highest BCUT2D eigenvalue weighted by molar-refractivity contribution is 7.86. The molecule has 0 N–H and O–H groups in total. The van der Waals surface area contributed by atoms with Crippen molar-refractivity contribution in [2.45, 2.75) is 26.4 Å². The van der Waals surface area contributed by atoms with E-state index in [1.165, 1.54) is 8.61 Å². The van der Waals surface area contributed by atoms with Crippen LogP contribution < -0.4 is 0 Å². The van der Waals surface area contributed by atoms with Gasteiger partial charge in [0.25, 0.3) is 10.2 Å². The number of rotatable bonds is 5. The molecule has 1 aliphatic heterocycles. The fourth-order valence-corrected chi connectivity index (χ4v) is 4.62. The first-order valence-electron chi connectivity index (χ1n) is 8.67. The van der Waals surface area contributed by atoms with Crippen molar-refractivity contribution >= 4 is 10.2 Å². The summed E-state index contributed by atoms with van der Waals surface area (Å²) in [5.41, 5.74) is 3.90. The first-order valence-corrected chi connectivity index (χ1v) is 10.1. The van der Waals surface area contributed by atoms with Gasteiger partial charge in [0.1, 0.15) is 0 Å². The van der Waals surface area contributed by atoms with Gasteiger partial charge >= 0.3 is 0 Å². The number of aromatic nitrogens is 2. The zero-order valence-corrected chi connectivity index (χ0v) is 16.5. The first kappa shape index (κ1) is 19.0. The largest absolute Gasteiger partial charge is 0.378 e. The van der Waals surface area contributed by atoms with Crippen molar-refractivity contribution in [3.05, 3.63) is 52.8 Å². The Bertz CT molecular complexity index is 862. The lowest BCUT2D eigenvalue weighted by Gasteiger charge is -2.36. The molecule has 0 saturated carbocycles. The summed E-state index contributed by atoms with van der Waals surface area (Å²) in [5.74, 6) is 0. The number of ether oxygens (including phenoxy) is 1. The number of hydrogen-bond donors (Lipinski definition) is 0. The maximum absolute atomic E-state index is 12.8. The molecule has 1 aromatic heterocycles. The van der Waals surface area contributed by atoms with Gasteiger partial charge in [-0.1, -0.05) is 30.3 Å². The SMILES string of the molecule is Cc1nn(Cc2ccccc2)c(C)c1[C@H]1COCCN1S(=O)(=O)N(C)C. The molecule has 1 aliphatic rings. The molecule has 142 valence electrons. The Morgan fingerprint density at radius 3 is 2.58 bits per heavy atom. The van der Waals surface area contributed by atoms with Crippen molar-refractivity contribution in [1.29, 1.82) is 0 Å². The second-order valence-electron chi connectivity index (χ2n) is 6.72. The highest BCUT2D eigenvalue weighted by Crippen LogP contribution is 2.32. The highest BCUT2D eigenvalue weighted by atomic mass is 32.2. The molecule has 2 heterocycles. The van der Waals surface area contributed by atoms with E-state index in [1.54, 1.807) is 14.1 Å². The lowest BCUT2D eigenvalue weighted by atomic mass is 10.0. The van der Waals surface area contributed by atoms with Gasteiger partial charge in [0.15, 0.2) is 0 Å². The maximum Gasteiger partial charge on any atom is 0.282 e. The zero-order valence-electron chi connectivity index (χ0n) is 15.7. The molecular formula is C18H26N4O3S. The van der Waals surface area contributed by atoms with Gasteiger partial charge in [-0.2, -0.15) is 22.1 Å². The van der Waals surface area contributed by atoms with E-state index in [0.717, 1.165) is 22.5 Å². The van der Waals surface area contributed by atoms with Crippen LogP contribution in [0.5, 0.6) is 0 Å². The van der Waals surface area contributed by atoms with Crippen molar-refractivity contribution < 1.29 is 13.2 Å². The van der Waals surface area contributed by atoms with Crippen molar-refractivity contribution in [2.24, 2.45) is 0 Å². The van der Waals surface area contributed by atoms with E-state index in [9.17, 15) is 8.42 Å². The van der Waals surface area contributed by atoms with E-state index in [2.05, 4.69) is 17.2 Å². The van der Waals surface area contributed by atoms with Crippen LogP contribution in [0.3, 0.4) is 0 Å². The molecule has 1 saturated heterocycles. The second-order valence-corrected chi connectivity index (χ2v) is 8.81. The summed E-state index contributed by atoms with van der Waals surface area (Å²) >= 11 is 0. The molecule has 1 aromatic carbocycles. The van der Waals surface area contributed by atoms with Crippen LogP contribution >= 0.6 is 0 Å². The molecule has 0 unspecified atom stereocenters. The summed E-state index contributed by atoms with van der Waals surface area (Å²) in [6.45, 7) is 5.66. The van der Waals surface area contributed by atoms with Crippen LogP contribution in [0.4, 0.5) is 0 Å².